The van der Waals surface area contributed by atoms with E-state index >= 15 is 0 Å². The van der Waals surface area contributed by atoms with E-state index in [4.69, 9.17) is 9.47 Å². The van der Waals surface area contributed by atoms with Crippen LogP contribution in [0.25, 0.3) is 0 Å². The zero-order chi connectivity index (χ0) is 21.8. The monoisotopic (exact) mass is 408 g/mol. The second kappa shape index (κ2) is 8.69. The molecule has 4 aromatic carbocycles. The summed E-state index contributed by atoms with van der Waals surface area (Å²) in [7, 11) is 0. The van der Waals surface area contributed by atoms with Gasteiger partial charge >= 0.3 is 0 Å². The van der Waals surface area contributed by atoms with E-state index in [0.717, 1.165) is 23.0 Å². The Balaban J connectivity index is 1.57. The average molecular weight is 409 g/mol. The molecule has 4 rings (SSSR count). The van der Waals surface area contributed by atoms with Crippen LogP contribution in [0.5, 0.6) is 23.0 Å². The molecule has 31 heavy (non-hydrogen) atoms. The van der Waals surface area contributed by atoms with Gasteiger partial charge in [0.25, 0.3) is 0 Å². The third-order valence-corrected chi connectivity index (χ3v) is 5.62. The second-order valence-electron chi connectivity index (χ2n) is 8.51. The van der Waals surface area contributed by atoms with Crippen molar-refractivity contribution in [3.8, 4) is 23.0 Å². The van der Waals surface area contributed by atoms with Crippen molar-refractivity contribution in [1.29, 1.82) is 0 Å². The van der Waals surface area contributed by atoms with Crippen molar-refractivity contribution >= 4 is 0 Å². The van der Waals surface area contributed by atoms with Gasteiger partial charge in [-0.1, -0.05) is 73.5 Å². The first-order valence-corrected chi connectivity index (χ1v) is 10.6. The molecule has 0 aliphatic rings. The predicted molar refractivity (Wildman–Crippen MR) is 128 cm³/mol. The molecule has 0 spiro atoms. The first-order valence-electron chi connectivity index (χ1n) is 10.6. The Labute approximate surface area is 185 Å². The number of ether oxygens (including phenoxy) is 2. The Morgan fingerprint density at radius 2 is 0.871 bits per heavy atom. The molecule has 4 aromatic rings. The molecule has 0 amide bonds. The Morgan fingerprint density at radius 1 is 0.484 bits per heavy atom. The lowest BCUT2D eigenvalue weighted by Crippen LogP contribution is -2.18. The Bertz CT molecular complexity index is 1060. The molecule has 156 valence electrons. The van der Waals surface area contributed by atoms with Gasteiger partial charge in [0.2, 0.25) is 0 Å². The summed E-state index contributed by atoms with van der Waals surface area (Å²) >= 11 is 0. The third kappa shape index (κ3) is 4.97. The van der Waals surface area contributed by atoms with Crippen LogP contribution in [0.15, 0.2) is 97.1 Å². The van der Waals surface area contributed by atoms with E-state index in [1.165, 1.54) is 22.3 Å². The van der Waals surface area contributed by atoms with Gasteiger partial charge in [-0.05, 0) is 73.5 Å². The van der Waals surface area contributed by atoms with E-state index in [2.05, 4.69) is 76.2 Å². The van der Waals surface area contributed by atoms with Crippen LogP contribution in [0, 0.1) is 13.8 Å². The SMILES string of the molecule is Cc1ccc(Oc2cccc(C(C)(C)c3cccc(Oc4ccc(C)cc4)c3)c2)cc1. The number of rotatable bonds is 6. The van der Waals surface area contributed by atoms with Crippen LogP contribution in [0.1, 0.15) is 36.1 Å². The molecule has 2 heteroatoms. The summed E-state index contributed by atoms with van der Waals surface area (Å²) in [5, 5.41) is 0. The fourth-order valence-electron chi connectivity index (χ4n) is 3.55. The largest absolute Gasteiger partial charge is 0.457 e. The van der Waals surface area contributed by atoms with E-state index in [9.17, 15) is 0 Å². The van der Waals surface area contributed by atoms with Gasteiger partial charge in [0, 0.05) is 5.41 Å². The van der Waals surface area contributed by atoms with Crippen molar-refractivity contribution in [2.45, 2.75) is 33.1 Å². The number of hydrogen-bond acceptors (Lipinski definition) is 2. The molecule has 0 unspecified atom stereocenters. The summed E-state index contributed by atoms with van der Waals surface area (Å²) in [6, 6.07) is 32.9. The smallest absolute Gasteiger partial charge is 0.127 e. The molecule has 0 saturated carbocycles. The van der Waals surface area contributed by atoms with Gasteiger partial charge in [-0.3, -0.25) is 0 Å². The lowest BCUT2D eigenvalue weighted by Gasteiger charge is -2.27. The average Bonchev–Trinajstić information content (AvgIpc) is 2.77. The molecule has 0 N–H and O–H groups in total. The van der Waals surface area contributed by atoms with Crippen molar-refractivity contribution in [2.75, 3.05) is 0 Å². The van der Waals surface area contributed by atoms with Gasteiger partial charge in [-0.15, -0.1) is 0 Å². The molecule has 0 aliphatic heterocycles. The van der Waals surface area contributed by atoms with Crippen LogP contribution in [0.3, 0.4) is 0 Å². The highest BCUT2D eigenvalue weighted by Gasteiger charge is 2.24. The minimum absolute atomic E-state index is 0.209. The van der Waals surface area contributed by atoms with Gasteiger partial charge in [0.05, 0.1) is 0 Å². The quantitative estimate of drug-likeness (QED) is 0.320. The summed E-state index contributed by atoms with van der Waals surface area (Å²) in [6.07, 6.45) is 0. The predicted octanol–water partition coefficient (Wildman–Crippen LogP) is 8.21. The van der Waals surface area contributed by atoms with Crippen molar-refractivity contribution in [2.24, 2.45) is 0 Å². The van der Waals surface area contributed by atoms with E-state index in [-0.39, 0.29) is 5.41 Å². The lowest BCUT2D eigenvalue weighted by atomic mass is 9.78. The van der Waals surface area contributed by atoms with Crippen molar-refractivity contribution < 1.29 is 9.47 Å². The Morgan fingerprint density at radius 3 is 1.26 bits per heavy atom. The molecule has 0 atom stereocenters. The second-order valence-corrected chi connectivity index (χ2v) is 8.51. The van der Waals surface area contributed by atoms with Gasteiger partial charge in [0.1, 0.15) is 23.0 Å². The maximum atomic E-state index is 6.09. The summed E-state index contributed by atoms with van der Waals surface area (Å²) in [5.74, 6) is 3.35. The molecule has 0 heterocycles. The topological polar surface area (TPSA) is 18.5 Å². The van der Waals surface area contributed by atoms with Gasteiger partial charge in [-0.2, -0.15) is 0 Å². The molecule has 0 saturated heterocycles. The van der Waals surface area contributed by atoms with Gasteiger partial charge in [0.15, 0.2) is 0 Å². The standard InChI is InChI=1S/C29H28O2/c1-21-11-15-25(16-12-21)30-27-9-5-7-23(19-27)29(3,4)24-8-6-10-28(20-24)31-26-17-13-22(2)14-18-26/h5-20H,1-4H3. The summed E-state index contributed by atoms with van der Waals surface area (Å²) < 4.78 is 12.2. The Kier molecular flexibility index (Phi) is 5.81. The van der Waals surface area contributed by atoms with E-state index in [1.54, 1.807) is 0 Å². The first kappa shape index (κ1) is 20.7. The highest BCUT2D eigenvalue weighted by atomic mass is 16.5. The molecule has 0 bridgehead atoms. The maximum absolute atomic E-state index is 6.09. The highest BCUT2D eigenvalue weighted by molar-refractivity contribution is 5.45. The number of aryl methyl sites for hydroxylation is 2. The van der Waals surface area contributed by atoms with Crippen LogP contribution in [-0.4, -0.2) is 0 Å². The van der Waals surface area contributed by atoms with Crippen LogP contribution < -0.4 is 9.47 Å². The maximum Gasteiger partial charge on any atom is 0.127 e. The molecule has 0 aliphatic carbocycles. The van der Waals surface area contributed by atoms with E-state index in [1.807, 2.05) is 48.5 Å². The van der Waals surface area contributed by atoms with E-state index in [0.29, 0.717) is 0 Å². The lowest BCUT2D eigenvalue weighted by molar-refractivity contribution is 0.477. The zero-order valence-electron chi connectivity index (χ0n) is 18.6. The molecule has 0 radical (unpaired) electrons. The van der Waals surface area contributed by atoms with Crippen LogP contribution >= 0.6 is 0 Å². The number of benzene rings is 4. The molecule has 0 fully saturated rings. The highest BCUT2D eigenvalue weighted by Crippen LogP contribution is 2.36. The summed E-state index contributed by atoms with van der Waals surface area (Å²) in [4.78, 5) is 0. The van der Waals surface area contributed by atoms with Gasteiger partial charge in [-0.25, -0.2) is 0 Å². The van der Waals surface area contributed by atoms with Gasteiger partial charge < -0.3 is 9.47 Å². The first-order chi connectivity index (χ1) is 14.9. The number of hydrogen-bond donors (Lipinski definition) is 0. The van der Waals surface area contributed by atoms with E-state index < -0.39 is 0 Å². The van der Waals surface area contributed by atoms with Crippen molar-refractivity contribution in [3.05, 3.63) is 119 Å². The molecule has 0 aromatic heterocycles. The molecular weight excluding hydrogens is 380 g/mol. The van der Waals surface area contributed by atoms with Crippen LogP contribution in [0.2, 0.25) is 0 Å². The Hall–Kier alpha value is -3.52. The fraction of sp³-hybridized carbons (Fsp3) is 0.172. The summed E-state index contributed by atoms with van der Waals surface area (Å²) in [5.41, 5.74) is 4.60. The van der Waals surface area contributed by atoms with Crippen LogP contribution in [0.4, 0.5) is 0 Å². The van der Waals surface area contributed by atoms with Crippen molar-refractivity contribution in [3.63, 3.8) is 0 Å². The fourth-order valence-corrected chi connectivity index (χ4v) is 3.55. The minimum Gasteiger partial charge on any atom is -0.457 e. The molecule has 2 nitrogen and oxygen atoms in total. The minimum atomic E-state index is -0.209. The molecular formula is C29H28O2. The third-order valence-electron chi connectivity index (χ3n) is 5.62. The zero-order valence-corrected chi connectivity index (χ0v) is 18.6. The van der Waals surface area contributed by atoms with Crippen LogP contribution in [-0.2, 0) is 5.41 Å². The summed E-state index contributed by atoms with van der Waals surface area (Å²) in [6.45, 7) is 8.60. The van der Waals surface area contributed by atoms with Crippen molar-refractivity contribution in [1.82, 2.24) is 0 Å². The normalized spacial score (nSPS) is 11.2.